The van der Waals surface area contributed by atoms with E-state index in [2.05, 4.69) is 20.6 Å². The highest BCUT2D eigenvalue weighted by atomic mass is 32.2. The number of hydrogen-bond donors (Lipinski definition) is 4. The van der Waals surface area contributed by atoms with Crippen molar-refractivity contribution < 1.29 is 18.9 Å². The molecule has 2 atom stereocenters. The number of rotatable bonds is 10. The fraction of sp³-hybridized carbons (Fsp3) is 0.103. The van der Waals surface area contributed by atoms with E-state index in [4.69, 9.17) is 5.73 Å². The Bertz CT molecular complexity index is 1500. The van der Waals surface area contributed by atoms with Gasteiger partial charge < -0.3 is 21.5 Å². The lowest BCUT2D eigenvalue weighted by Crippen LogP contribution is -2.23. The van der Waals surface area contributed by atoms with Crippen molar-refractivity contribution >= 4 is 40.0 Å². The number of nitrogens with zero attached hydrogens (tertiary/aromatic N) is 2. The number of pyridine rings is 1. The molecule has 3 aromatic carbocycles. The van der Waals surface area contributed by atoms with Crippen LogP contribution in [0.3, 0.4) is 0 Å². The van der Waals surface area contributed by atoms with Crippen molar-refractivity contribution in [1.29, 1.82) is 0 Å². The predicted octanol–water partition coefficient (Wildman–Crippen LogP) is 4.58. The summed E-state index contributed by atoms with van der Waals surface area (Å²) in [6, 6.07) is 26.4. The smallest absolute Gasteiger partial charge is 0.304 e. The molecule has 39 heavy (non-hydrogen) atoms. The van der Waals surface area contributed by atoms with E-state index in [1.54, 1.807) is 66.9 Å². The van der Waals surface area contributed by atoms with Gasteiger partial charge in [-0.05, 0) is 47.5 Å². The summed E-state index contributed by atoms with van der Waals surface area (Å²) >= 11 is 0. The molecule has 10 heteroatoms. The molecule has 0 saturated carbocycles. The summed E-state index contributed by atoms with van der Waals surface area (Å²) in [6.45, 7) is 0.412. The zero-order chi connectivity index (χ0) is 27.6. The van der Waals surface area contributed by atoms with Crippen LogP contribution in [0.25, 0.3) is 0 Å². The Balaban J connectivity index is 1.50. The molecule has 1 unspecified atom stereocenters. The van der Waals surface area contributed by atoms with Gasteiger partial charge in [-0.1, -0.05) is 54.6 Å². The summed E-state index contributed by atoms with van der Waals surface area (Å²) < 4.78 is 13.6. The number of aliphatic imine (C=N–C) groups is 1. The molecule has 0 bridgehead atoms. The summed E-state index contributed by atoms with van der Waals surface area (Å²) in [7, 11) is -1.79. The minimum absolute atomic E-state index is 0.206. The molecule has 4 rings (SSSR count). The van der Waals surface area contributed by atoms with Crippen molar-refractivity contribution in [2.75, 3.05) is 10.6 Å². The van der Waals surface area contributed by atoms with Crippen molar-refractivity contribution in [3.05, 3.63) is 120 Å². The zero-order valence-electron chi connectivity index (χ0n) is 20.9. The average Bonchev–Trinajstić information content (AvgIpc) is 2.96. The monoisotopic (exact) mass is 541 g/mol. The maximum Gasteiger partial charge on any atom is 0.304 e. The third-order valence-corrected chi connectivity index (χ3v) is 7.44. The first kappa shape index (κ1) is 27.2. The van der Waals surface area contributed by atoms with Gasteiger partial charge in [0.1, 0.15) is 0 Å². The zero-order valence-corrected chi connectivity index (χ0v) is 21.7. The van der Waals surface area contributed by atoms with Crippen LogP contribution < -0.4 is 16.4 Å². The Morgan fingerprint density at radius 3 is 2.46 bits per heavy atom. The van der Waals surface area contributed by atoms with Gasteiger partial charge in [-0.2, -0.15) is 0 Å². The number of nitrogens with two attached hydrogens (primary N) is 1. The number of nitrogens with one attached hydrogen (secondary N) is 2. The molecule has 0 aliphatic heterocycles. The number of para-hydroxylation sites is 1. The highest BCUT2D eigenvalue weighted by Crippen LogP contribution is 2.32. The SMILES string of the molecule is NC(=NCc1ccccc1)Nc1cccc(C(=O)Nc2ccccc2S(=O)[C@@H](CC(=O)O)c2cccnc2)c1. The number of carbonyl (C=O) groups excluding carboxylic acids is 1. The normalized spacial score (nSPS) is 12.8. The molecule has 0 aliphatic rings. The van der Waals surface area contributed by atoms with Crippen LogP contribution in [0.15, 0.2) is 113 Å². The van der Waals surface area contributed by atoms with Crippen molar-refractivity contribution in [3.63, 3.8) is 0 Å². The van der Waals surface area contributed by atoms with Crippen LogP contribution in [0.5, 0.6) is 0 Å². The molecule has 1 heterocycles. The summed E-state index contributed by atoms with van der Waals surface area (Å²) in [5.74, 6) is -1.31. The number of aliphatic carboxylic acids is 1. The lowest BCUT2D eigenvalue weighted by atomic mass is 10.1. The third-order valence-electron chi connectivity index (χ3n) is 5.70. The molecule has 0 radical (unpaired) electrons. The van der Waals surface area contributed by atoms with Gasteiger partial charge in [0.2, 0.25) is 0 Å². The fourth-order valence-electron chi connectivity index (χ4n) is 3.82. The van der Waals surface area contributed by atoms with E-state index in [1.165, 1.54) is 6.20 Å². The highest BCUT2D eigenvalue weighted by Gasteiger charge is 2.26. The maximum atomic E-state index is 13.6. The van der Waals surface area contributed by atoms with Crippen molar-refractivity contribution in [3.8, 4) is 0 Å². The molecule has 0 fully saturated rings. The molecular formula is C29H27N5O4S. The molecule has 9 nitrogen and oxygen atoms in total. The van der Waals surface area contributed by atoms with Crippen molar-refractivity contribution in [1.82, 2.24) is 4.98 Å². The Kier molecular flexibility index (Phi) is 9.15. The summed E-state index contributed by atoms with van der Waals surface area (Å²) in [5, 5.41) is 14.4. The van der Waals surface area contributed by atoms with Crippen LogP contribution in [0, 0.1) is 0 Å². The number of guanidine groups is 1. The fourth-order valence-corrected chi connectivity index (χ4v) is 5.36. The Morgan fingerprint density at radius 2 is 1.72 bits per heavy atom. The number of hydrogen-bond acceptors (Lipinski definition) is 5. The van der Waals surface area contributed by atoms with Crippen LogP contribution >= 0.6 is 0 Å². The average molecular weight is 542 g/mol. The van der Waals surface area contributed by atoms with Crippen LogP contribution in [0.1, 0.15) is 33.2 Å². The first-order chi connectivity index (χ1) is 18.9. The molecule has 1 amide bonds. The largest absolute Gasteiger partial charge is 0.481 e. The van der Waals surface area contributed by atoms with Crippen molar-refractivity contribution in [2.45, 2.75) is 23.1 Å². The number of carboxylic acid groups (broad SMARTS) is 1. The predicted molar refractivity (Wildman–Crippen MR) is 152 cm³/mol. The topological polar surface area (TPSA) is 147 Å². The Hall–Kier alpha value is -4.83. The third kappa shape index (κ3) is 7.59. The number of carbonyl (C=O) groups is 2. The molecule has 4 aromatic rings. The molecule has 1 aromatic heterocycles. The molecule has 0 spiro atoms. The van der Waals surface area contributed by atoms with E-state index in [9.17, 15) is 18.9 Å². The van der Waals surface area contributed by atoms with Crippen molar-refractivity contribution in [2.24, 2.45) is 10.7 Å². The van der Waals surface area contributed by atoms with Gasteiger partial charge in [0.25, 0.3) is 5.91 Å². The minimum atomic E-state index is -1.79. The maximum absolute atomic E-state index is 13.6. The number of carboxylic acids is 1. The standard InChI is InChI=1S/C29H27N5O4S/c30-29(32-18-20-8-2-1-3-9-20)33-23-12-6-10-21(16-23)28(37)34-24-13-4-5-14-25(24)39(38)26(17-27(35)36)22-11-7-15-31-19-22/h1-16,19,26H,17-18H2,(H,34,37)(H,35,36)(H3,30,32,33)/t26-,39?/m0/s1. The number of aromatic nitrogens is 1. The van der Waals surface area contributed by atoms with Gasteiger partial charge in [-0.25, -0.2) is 4.99 Å². The Morgan fingerprint density at radius 1 is 0.949 bits per heavy atom. The lowest BCUT2D eigenvalue weighted by Gasteiger charge is -2.18. The van der Waals surface area contributed by atoms with E-state index in [0.29, 0.717) is 33.9 Å². The number of amides is 1. The van der Waals surface area contributed by atoms with Crippen LogP contribution in [-0.2, 0) is 22.1 Å². The first-order valence-electron chi connectivity index (χ1n) is 12.0. The van der Waals surface area contributed by atoms with Gasteiger partial charge in [0.15, 0.2) is 5.96 Å². The van der Waals surface area contributed by atoms with Gasteiger partial charge >= 0.3 is 5.97 Å². The van der Waals surface area contributed by atoms with Crippen LogP contribution in [0.2, 0.25) is 0 Å². The Labute approximate surface area is 228 Å². The van der Waals surface area contributed by atoms with Crippen LogP contribution in [0.4, 0.5) is 11.4 Å². The van der Waals surface area contributed by atoms with E-state index >= 15 is 0 Å². The first-order valence-corrected chi connectivity index (χ1v) is 13.3. The van der Waals surface area contributed by atoms with E-state index in [-0.39, 0.29) is 12.4 Å². The summed E-state index contributed by atoms with van der Waals surface area (Å²) in [4.78, 5) is 33.4. The lowest BCUT2D eigenvalue weighted by molar-refractivity contribution is -0.137. The molecule has 5 N–H and O–H groups in total. The summed E-state index contributed by atoms with van der Waals surface area (Å²) in [5.41, 5.74) is 8.81. The van der Waals surface area contributed by atoms with E-state index in [1.807, 2.05) is 30.3 Å². The van der Waals surface area contributed by atoms with Gasteiger partial charge in [-0.15, -0.1) is 0 Å². The van der Waals surface area contributed by atoms with Crippen LogP contribution in [-0.4, -0.2) is 32.1 Å². The summed E-state index contributed by atoms with van der Waals surface area (Å²) in [6.07, 6.45) is 2.70. The van der Waals surface area contributed by atoms with E-state index in [0.717, 1.165) is 5.56 Å². The van der Waals surface area contributed by atoms with Gasteiger partial charge in [0, 0.05) is 23.6 Å². The quantitative estimate of drug-likeness (QED) is 0.170. The molecular weight excluding hydrogens is 514 g/mol. The highest BCUT2D eigenvalue weighted by molar-refractivity contribution is 7.85. The minimum Gasteiger partial charge on any atom is -0.481 e. The second kappa shape index (κ2) is 13.1. The number of anilines is 2. The van der Waals surface area contributed by atoms with Gasteiger partial charge in [0.05, 0.1) is 39.6 Å². The van der Waals surface area contributed by atoms with Gasteiger partial charge in [-0.3, -0.25) is 18.8 Å². The van der Waals surface area contributed by atoms with E-state index < -0.39 is 27.9 Å². The number of benzene rings is 3. The molecule has 198 valence electrons. The second-order valence-electron chi connectivity index (χ2n) is 8.51. The molecule has 0 saturated heterocycles. The second-order valence-corrected chi connectivity index (χ2v) is 10.1. The molecule has 0 aliphatic carbocycles.